The number of ether oxygens (including phenoxy) is 1. The van der Waals surface area contributed by atoms with E-state index in [2.05, 4.69) is 44.8 Å². The summed E-state index contributed by atoms with van der Waals surface area (Å²) < 4.78 is 7.62. The number of hydrogen-bond acceptors (Lipinski definition) is 6. The number of fused-ring (bicyclic) bond motifs is 1. The number of hydrogen-bond donors (Lipinski definition) is 2. The lowest BCUT2D eigenvalue weighted by molar-refractivity contribution is 0.0959. The third-order valence-electron chi connectivity index (χ3n) is 6.82. The van der Waals surface area contributed by atoms with Crippen LogP contribution < -0.4 is 25.6 Å². The molecule has 0 atom stereocenters. The summed E-state index contributed by atoms with van der Waals surface area (Å²) in [6.45, 7) is 12.2. The van der Waals surface area contributed by atoms with Gasteiger partial charge in [-0.1, -0.05) is 20.8 Å². The van der Waals surface area contributed by atoms with Crippen molar-refractivity contribution in [3.63, 3.8) is 0 Å². The summed E-state index contributed by atoms with van der Waals surface area (Å²) in [5.74, 6) is 1.02. The van der Waals surface area contributed by atoms with Crippen molar-refractivity contribution in [2.45, 2.75) is 46.6 Å². The average Bonchev–Trinajstić information content (AvgIpc) is 3.16. The molecule has 200 valence electrons. The van der Waals surface area contributed by atoms with Crippen molar-refractivity contribution in [2.75, 3.05) is 56.9 Å². The highest BCUT2D eigenvalue weighted by atomic mass is 16.5. The van der Waals surface area contributed by atoms with E-state index in [0.717, 1.165) is 46.5 Å². The molecule has 8 nitrogen and oxygen atoms in total. The van der Waals surface area contributed by atoms with Gasteiger partial charge in [-0.05, 0) is 43.5 Å². The number of nitrogens with one attached hydrogen (secondary N) is 1. The number of methoxy groups -OCH3 is 1. The number of nitrogens with two attached hydrogens (primary N) is 1. The molecule has 1 aromatic heterocycles. The molecule has 3 N–H and O–H groups in total. The van der Waals surface area contributed by atoms with E-state index in [0.29, 0.717) is 16.9 Å². The van der Waals surface area contributed by atoms with Gasteiger partial charge >= 0.3 is 0 Å². The van der Waals surface area contributed by atoms with Crippen LogP contribution >= 0.6 is 0 Å². The highest BCUT2D eigenvalue weighted by Gasteiger charge is 2.26. The van der Waals surface area contributed by atoms with Crippen molar-refractivity contribution in [2.24, 2.45) is 0 Å². The Kier molecular flexibility index (Phi) is 8.10. The number of nitrogens with zero attached hydrogens (tertiary/aromatic N) is 3. The van der Waals surface area contributed by atoms with Crippen LogP contribution in [0.3, 0.4) is 0 Å². The number of rotatable bonds is 9. The lowest BCUT2D eigenvalue weighted by Crippen LogP contribution is -2.25. The molecule has 3 aromatic rings. The van der Waals surface area contributed by atoms with E-state index < -0.39 is 0 Å². The normalized spacial score (nSPS) is 11.5. The Morgan fingerprint density at radius 3 is 2.22 bits per heavy atom. The summed E-state index contributed by atoms with van der Waals surface area (Å²) in [4.78, 5) is 30.3. The predicted octanol–water partition coefficient (Wildman–Crippen LogP) is 4.68. The number of benzene rings is 2. The molecular formula is C29H41N5O3. The van der Waals surface area contributed by atoms with E-state index in [1.807, 2.05) is 43.4 Å². The maximum Gasteiger partial charge on any atom is 0.253 e. The van der Waals surface area contributed by atoms with Crippen molar-refractivity contribution in [1.29, 1.82) is 0 Å². The number of Topliss-reactive ketones (excluding diaryl/α,β-unsaturated/α-hetero) is 1. The number of nitrogen functional groups attached to an aromatic ring is 1. The Balaban J connectivity index is 2.11. The molecule has 0 aliphatic rings. The van der Waals surface area contributed by atoms with Crippen LogP contribution in [0.2, 0.25) is 0 Å². The monoisotopic (exact) mass is 507 g/mol. The SMILES string of the molecule is CCN(CC)c1cc(C(=O)Cn2cc3cc(N(C)C)c(C(=O)NC)cc3c2N)cc(C(C)(C)C)c1OC. The van der Waals surface area contributed by atoms with E-state index in [1.54, 1.807) is 24.8 Å². The van der Waals surface area contributed by atoms with Gasteiger partial charge < -0.3 is 30.2 Å². The van der Waals surface area contributed by atoms with Crippen LogP contribution in [0.1, 0.15) is 60.9 Å². The first-order valence-corrected chi connectivity index (χ1v) is 12.7. The van der Waals surface area contributed by atoms with E-state index in [4.69, 9.17) is 10.5 Å². The van der Waals surface area contributed by atoms with Gasteiger partial charge in [0.05, 0.1) is 24.9 Å². The van der Waals surface area contributed by atoms with Crippen molar-refractivity contribution < 1.29 is 14.3 Å². The number of amides is 1. The van der Waals surface area contributed by atoms with Crippen LogP contribution in [0.15, 0.2) is 30.5 Å². The summed E-state index contributed by atoms with van der Waals surface area (Å²) in [7, 11) is 7.06. The van der Waals surface area contributed by atoms with Crippen molar-refractivity contribution in [3.8, 4) is 5.75 Å². The Morgan fingerprint density at radius 1 is 1.05 bits per heavy atom. The third kappa shape index (κ3) is 5.38. The molecule has 0 aliphatic carbocycles. The zero-order valence-electron chi connectivity index (χ0n) is 23.7. The molecule has 0 radical (unpaired) electrons. The van der Waals surface area contributed by atoms with Gasteiger partial charge in [-0.25, -0.2) is 0 Å². The number of anilines is 3. The van der Waals surface area contributed by atoms with Crippen LogP contribution in [0.4, 0.5) is 17.2 Å². The molecular weight excluding hydrogens is 466 g/mol. The highest BCUT2D eigenvalue weighted by molar-refractivity contribution is 6.07. The number of carbonyl (C=O) groups excluding carboxylic acids is 2. The molecule has 1 heterocycles. The van der Waals surface area contributed by atoms with E-state index in [-0.39, 0.29) is 23.7 Å². The molecule has 2 aromatic carbocycles. The molecule has 0 bridgehead atoms. The third-order valence-corrected chi connectivity index (χ3v) is 6.82. The van der Waals surface area contributed by atoms with Crippen LogP contribution in [-0.2, 0) is 12.0 Å². The van der Waals surface area contributed by atoms with E-state index in [9.17, 15) is 9.59 Å². The fraction of sp³-hybridized carbons (Fsp3) is 0.448. The Labute approximate surface area is 220 Å². The van der Waals surface area contributed by atoms with Crippen molar-refractivity contribution in [3.05, 3.63) is 47.2 Å². The number of ketones is 1. The number of carbonyl (C=O) groups is 2. The minimum Gasteiger partial charge on any atom is -0.494 e. The largest absolute Gasteiger partial charge is 0.494 e. The van der Waals surface area contributed by atoms with E-state index in [1.165, 1.54) is 0 Å². The Bertz CT molecular complexity index is 1310. The Hall–Kier alpha value is -3.68. The maximum absolute atomic E-state index is 13.7. The fourth-order valence-electron chi connectivity index (χ4n) is 4.73. The van der Waals surface area contributed by atoms with Gasteiger partial charge in [0.1, 0.15) is 11.6 Å². The summed E-state index contributed by atoms with van der Waals surface area (Å²) in [5, 5.41) is 4.30. The lowest BCUT2D eigenvalue weighted by atomic mass is 9.84. The van der Waals surface area contributed by atoms with Crippen molar-refractivity contribution >= 4 is 39.7 Å². The second kappa shape index (κ2) is 10.7. The van der Waals surface area contributed by atoms with Crippen LogP contribution in [0.25, 0.3) is 10.8 Å². The van der Waals surface area contributed by atoms with Gasteiger partial charge in [-0.3, -0.25) is 9.59 Å². The van der Waals surface area contributed by atoms with Crippen LogP contribution in [0.5, 0.6) is 5.75 Å². The predicted molar refractivity (Wildman–Crippen MR) is 154 cm³/mol. The molecule has 37 heavy (non-hydrogen) atoms. The van der Waals surface area contributed by atoms with Gasteiger partial charge in [-0.15, -0.1) is 0 Å². The first kappa shape index (κ1) is 27.9. The molecule has 1 amide bonds. The average molecular weight is 508 g/mol. The van der Waals surface area contributed by atoms with Crippen LogP contribution in [-0.4, -0.2) is 57.6 Å². The molecule has 0 saturated heterocycles. The molecule has 8 heteroatoms. The summed E-state index contributed by atoms with van der Waals surface area (Å²) >= 11 is 0. The van der Waals surface area contributed by atoms with Crippen molar-refractivity contribution in [1.82, 2.24) is 9.88 Å². The summed E-state index contributed by atoms with van der Waals surface area (Å²) in [6.07, 6.45) is 1.88. The molecule has 0 saturated carbocycles. The number of aromatic nitrogens is 1. The van der Waals surface area contributed by atoms with Gasteiger partial charge in [-0.2, -0.15) is 0 Å². The highest BCUT2D eigenvalue weighted by Crippen LogP contribution is 2.40. The fourth-order valence-corrected chi connectivity index (χ4v) is 4.73. The zero-order valence-corrected chi connectivity index (χ0v) is 23.7. The smallest absolute Gasteiger partial charge is 0.253 e. The first-order valence-electron chi connectivity index (χ1n) is 12.7. The van der Waals surface area contributed by atoms with Gasteiger partial charge in [0, 0.05) is 68.0 Å². The standard InChI is InChI=1S/C29H41N5O3/c1-10-33(11-2)24-13-18(12-22(26(24)37-9)29(3,4)5)25(35)17-34-16-19-14-23(32(7)8)21(28(36)31-6)15-20(19)27(34)30/h12-16H,10-11,17,30H2,1-9H3,(H,31,36). The first-order chi connectivity index (χ1) is 17.4. The van der Waals surface area contributed by atoms with Crippen LogP contribution in [0, 0.1) is 0 Å². The second-order valence-electron chi connectivity index (χ2n) is 10.5. The van der Waals surface area contributed by atoms with Gasteiger partial charge in [0.15, 0.2) is 5.78 Å². The van der Waals surface area contributed by atoms with Gasteiger partial charge in [0.2, 0.25) is 0 Å². The molecule has 0 spiro atoms. The van der Waals surface area contributed by atoms with E-state index >= 15 is 0 Å². The minimum absolute atomic E-state index is 0.0482. The lowest BCUT2D eigenvalue weighted by Gasteiger charge is -2.30. The second-order valence-corrected chi connectivity index (χ2v) is 10.5. The quantitative estimate of drug-likeness (QED) is 0.409. The van der Waals surface area contributed by atoms with Gasteiger partial charge in [0.25, 0.3) is 5.91 Å². The Morgan fingerprint density at radius 2 is 1.70 bits per heavy atom. The summed E-state index contributed by atoms with van der Waals surface area (Å²) in [5.41, 5.74) is 10.1. The zero-order chi connectivity index (χ0) is 27.7. The molecule has 3 rings (SSSR count). The maximum atomic E-state index is 13.7. The summed E-state index contributed by atoms with van der Waals surface area (Å²) in [6, 6.07) is 7.60. The molecule has 0 aliphatic heterocycles. The minimum atomic E-state index is -0.219. The molecule has 0 unspecified atom stereocenters. The topological polar surface area (TPSA) is 92.8 Å². The molecule has 0 fully saturated rings.